The Morgan fingerprint density at radius 2 is 1.57 bits per heavy atom. The summed E-state index contributed by atoms with van der Waals surface area (Å²) in [6.45, 7) is 5.78. The Morgan fingerprint density at radius 1 is 0.957 bits per heavy atom. The van der Waals surface area contributed by atoms with E-state index in [-0.39, 0.29) is 5.69 Å². The van der Waals surface area contributed by atoms with Crippen molar-refractivity contribution in [1.29, 1.82) is 0 Å². The van der Waals surface area contributed by atoms with Gasteiger partial charge in [-0.2, -0.15) is 5.11 Å². The van der Waals surface area contributed by atoms with Gasteiger partial charge in [-0.25, -0.2) is 0 Å². The number of hydrogen-bond donors (Lipinski definition) is 0. The van der Waals surface area contributed by atoms with Gasteiger partial charge in [0.1, 0.15) is 0 Å². The zero-order valence-corrected chi connectivity index (χ0v) is 14.0. The van der Waals surface area contributed by atoms with Crippen molar-refractivity contribution in [3.05, 3.63) is 57.1 Å². The van der Waals surface area contributed by atoms with Crippen molar-refractivity contribution < 1.29 is 4.92 Å². The average Bonchev–Trinajstić information content (AvgIpc) is 2.47. The lowest BCUT2D eigenvalue weighted by molar-refractivity contribution is -0.384. The van der Waals surface area contributed by atoms with Crippen LogP contribution in [-0.4, -0.2) is 19.0 Å². The molecule has 6 nitrogen and oxygen atoms in total. The van der Waals surface area contributed by atoms with Gasteiger partial charge in [-0.1, -0.05) is 0 Å². The molecule has 0 aromatic heterocycles. The first kappa shape index (κ1) is 16.6. The number of nitrogens with zero attached hydrogens (tertiary/aromatic N) is 4. The second-order valence-corrected chi connectivity index (χ2v) is 5.75. The van der Waals surface area contributed by atoms with E-state index in [4.69, 9.17) is 0 Å². The normalized spacial score (nSPS) is 11.0. The summed E-state index contributed by atoms with van der Waals surface area (Å²) in [5.41, 5.74) is 5.44. The predicted octanol–water partition coefficient (Wildman–Crippen LogP) is 5.00. The van der Waals surface area contributed by atoms with E-state index in [0.29, 0.717) is 5.69 Å². The van der Waals surface area contributed by atoms with Gasteiger partial charge in [-0.3, -0.25) is 10.1 Å². The summed E-state index contributed by atoms with van der Waals surface area (Å²) in [5.74, 6) is 0. The molecule has 0 radical (unpaired) electrons. The van der Waals surface area contributed by atoms with Crippen LogP contribution in [0.25, 0.3) is 0 Å². The topological polar surface area (TPSA) is 71.1 Å². The van der Waals surface area contributed by atoms with E-state index in [2.05, 4.69) is 22.4 Å². The molecule has 0 heterocycles. The van der Waals surface area contributed by atoms with Gasteiger partial charge >= 0.3 is 0 Å². The summed E-state index contributed by atoms with van der Waals surface area (Å²) in [4.78, 5) is 12.4. The van der Waals surface area contributed by atoms with Crippen LogP contribution in [0.15, 0.2) is 40.6 Å². The summed E-state index contributed by atoms with van der Waals surface area (Å²) < 4.78 is 0. The van der Waals surface area contributed by atoms with Crippen LogP contribution in [0.3, 0.4) is 0 Å². The van der Waals surface area contributed by atoms with Crippen LogP contribution in [0.5, 0.6) is 0 Å². The fourth-order valence-corrected chi connectivity index (χ4v) is 2.32. The molecule has 6 heteroatoms. The van der Waals surface area contributed by atoms with E-state index in [9.17, 15) is 10.1 Å². The van der Waals surface area contributed by atoms with Crippen molar-refractivity contribution >= 4 is 22.7 Å². The van der Waals surface area contributed by atoms with E-state index >= 15 is 0 Å². The van der Waals surface area contributed by atoms with Crippen LogP contribution < -0.4 is 4.90 Å². The molecule has 0 atom stereocenters. The maximum Gasteiger partial charge on any atom is 0.269 e. The fraction of sp³-hybridized carbons (Fsp3) is 0.294. The third kappa shape index (κ3) is 3.71. The lowest BCUT2D eigenvalue weighted by atomic mass is 10.1. The number of hydrogen-bond acceptors (Lipinski definition) is 5. The first-order valence-corrected chi connectivity index (χ1v) is 7.25. The predicted molar refractivity (Wildman–Crippen MR) is 92.3 cm³/mol. The minimum atomic E-state index is -0.414. The van der Waals surface area contributed by atoms with Gasteiger partial charge in [0.25, 0.3) is 5.69 Å². The lowest BCUT2D eigenvalue weighted by Crippen LogP contribution is -2.08. The third-order valence-corrected chi connectivity index (χ3v) is 3.64. The van der Waals surface area contributed by atoms with Gasteiger partial charge in [-0.15, -0.1) is 5.11 Å². The molecular weight excluding hydrogens is 292 g/mol. The summed E-state index contributed by atoms with van der Waals surface area (Å²) in [6.07, 6.45) is 0. The van der Waals surface area contributed by atoms with Gasteiger partial charge < -0.3 is 4.90 Å². The number of rotatable bonds is 4. The Morgan fingerprint density at radius 3 is 2.04 bits per heavy atom. The van der Waals surface area contributed by atoms with Crippen molar-refractivity contribution in [3.63, 3.8) is 0 Å². The molecule has 0 unspecified atom stereocenters. The van der Waals surface area contributed by atoms with E-state index in [1.165, 1.54) is 12.1 Å². The molecule has 0 bridgehead atoms. The zero-order chi connectivity index (χ0) is 17.1. The summed E-state index contributed by atoms with van der Waals surface area (Å²) in [5, 5.41) is 19.4. The van der Waals surface area contributed by atoms with Crippen LogP contribution >= 0.6 is 0 Å². The number of benzene rings is 2. The van der Waals surface area contributed by atoms with Gasteiger partial charge in [0.05, 0.1) is 16.3 Å². The van der Waals surface area contributed by atoms with Crippen LogP contribution in [-0.2, 0) is 0 Å². The number of non-ortho nitro benzene ring substituents is 1. The Kier molecular flexibility index (Phi) is 4.74. The number of azo groups is 1. The van der Waals surface area contributed by atoms with Crippen LogP contribution in [0.2, 0.25) is 0 Å². The monoisotopic (exact) mass is 312 g/mol. The van der Waals surface area contributed by atoms with Gasteiger partial charge in [0.15, 0.2) is 0 Å². The zero-order valence-electron chi connectivity index (χ0n) is 14.0. The van der Waals surface area contributed by atoms with Crippen LogP contribution in [0.1, 0.15) is 16.7 Å². The number of aryl methyl sites for hydroxylation is 3. The highest BCUT2D eigenvalue weighted by molar-refractivity contribution is 5.62. The van der Waals surface area contributed by atoms with E-state index in [1.807, 2.05) is 32.8 Å². The average molecular weight is 312 g/mol. The maximum absolute atomic E-state index is 10.8. The molecule has 2 aromatic rings. The minimum Gasteiger partial charge on any atom is -0.378 e. The highest BCUT2D eigenvalue weighted by Crippen LogP contribution is 2.31. The Balaban J connectivity index is 2.36. The molecule has 120 valence electrons. The van der Waals surface area contributed by atoms with Crippen molar-refractivity contribution in [3.8, 4) is 0 Å². The van der Waals surface area contributed by atoms with E-state index < -0.39 is 4.92 Å². The Bertz CT molecular complexity index is 759. The molecule has 0 aliphatic carbocycles. The Hall–Kier alpha value is -2.76. The maximum atomic E-state index is 10.8. The highest BCUT2D eigenvalue weighted by atomic mass is 16.6. The fourth-order valence-electron chi connectivity index (χ4n) is 2.32. The van der Waals surface area contributed by atoms with Crippen molar-refractivity contribution in [2.75, 3.05) is 19.0 Å². The second kappa shape index (κ2) is 6.56. The molecule has 0 saturated carbocycles. The molecule has 0 aliphatic rings. The van der Waals surface area contributed by atoms with Crippen molar-refractivity contribution in [1.82, 2.24) is 0 Å². The minimum absolute atomic E-state index is 0.0594. The quantitative estimate of drug-likeness (QED) is 0.453. The van der Waals surface area contributed by atoms with Crippen molar-refractivity contribution in [2.24, 2.45) is 10.2 Å². The summed E-state index contributed by atoms with van der Waals surface area (Å²) in [6, 6.07) is 8.68. The van der Waals surface area contributed by atoms with E-state index in [0.717, 1.165) is 28.1 Å². The smallest absolute Gasteiger partial charge is 0.269 e. The molecule has 23 heavy (non-hydrogen) atoms. The molecule has 0 saturated heterocycles. The standard InChI is InChI=1S/C17H20N4O2/c1-11-8-14(21(22)23)6-7-16(11)18-19-17-12(2)9-15(20(4)5)10-13(17)3/h6-10H,1-5H3. The van der Waals surface area contributed by atoms with Crippen molar-refractivity contribution in [2.45, 2.75) is 20.8 Å². The number of nitro groups is 1. The molecule has 0 N–H and O–H groups in total. The molecule has 0 amide bonds. The summed E-state index contributed by atoms with van der Waals surface area (Å²) >= 11 is 0. The largest absolute Gasteiger partial charge is 0.378 e. The van der Waals surface area contributed by atoms with Crippen LogP contribution in [0, 0.1) is 30.9 Å². The molecule has 0 fully saturated rings. The van der Waals surface area contributed by atoms with Gasteiger partial charge in [0.2, 0.25) is 0 Å². The lowest BCUT2D eigenvalue weighted by Gasteiger charge is -2.15. The van der Waals surface area contributed by atoms with Gasteiger partial charge in [-0.05, 0) is 55.7 Å². The SMILES string of the molecule is Cc1cc([N+](=O)[O-])ccc1N=Nc1c(C)cc(N(C)C)cc1C. The summed E-state index contributed by atoms with van der Waals surface area (Å²) in [7, 11) is 3.99. The second-order valence-electron chi connectivity index (χ2n) is 5.75. The molecule has 2 rings (SSSR count). The van der Waals surface area contributed by atoms with Crippen LogP contribution in [0.4, 0.5) is 22.7 Å². The van der Waals surface area contributed by atoms with E-state index in [1.54, 1.807) is 13.0 Å². The first-order valence-electron chi connectivity index (χ1n) is 7.25. The highest BCUT2D eigenvalue weighted by Gasteiger charge is 2.09. The first-order chi connectivity index (χ1) is 10.8. The molecule has 0 spiro atoms. The Labute approximate surface area is 135 Å². The third-order valence-electron chi connectivity index (χ3n) is 3.64. The van der Waals surface area contributed by atoms with Gasteiger partial charge in [0, 0.05) is 31.9 Å². The molecule has 2 aromatic carbocycles. The molecule has 0 aliphatic heterocycles. The molecular formula is C17H20N4O2. The number of anilines is 1. The number of nitro benzene ring substituents is 1.